The summed E-state index contributed by atoms with van der Waals surface area (Å²) in [6.45, 7) is 0.130. The number of carbonyl (C=O) groups is 1. The summed E-state index contributed by atoms with van der Waals surface area (Å²) in [6, 6.07) is 12.3. The number of halogens is 3. The third kappa shape index (κ3) is 4.40. The zero-order valence-corrected chi connectivity index (χ0v) is 13.4. The Kier molecular flexibility index (Phi) is 5.29. The second-order valence-electron chi connectivity index (χ2n) is 4.04. The minimum Gasteiger partial charge on any atom is -0.375 e. The third-order valence-corrected chi connectivity index (χ3v) is 3.64. The predicted molar refractivity (Wildman–Crippen MR) is 87.7 cm³/mol. The van der Waals surface area contributed by atoms with Crippen LogP contribution in [0.25, 0.3) is 0 Å². The van der Waals surface area contributed by atoms with Crippen LogP contribution in [-0.4, -0.2) is 12.5 Å². The van der Waals surface area contributed by atoms with Gasteiger partial charge in [0.05, 0.1) is 12.2 Å². The summed E-state index contributed by atoms with van der Waals surface area (Å²) in [4.78, 5) is 11.8. The van der Waals surface area contributed by atoms with E-state index in [0.29, 0.717) is 15.7 Å². The van der Waals surface area contributed by atoms with E-state index < -0.39 is 0 Å². The molecule has 0 atom stereocenters. The quantitative estimate of drug-likeness (QED) is 0.807. The van der Waals surface area contributed by atoms with Gasteiger partial charge in [-0.25, -0.2) is 0 Å². The van der Waals surface area contributed by atoms with E-state index in [4.69, 9.17) is 23.2 Å². The van der Waals surface area contributed by atoms with E-state index >= 15 is 0 Å². The van der Waals surface area contributed by atoms with Crippen molar-refractivity contribution in [2.75, 3.05) is 17.2 Å². The van der Waals surface area contributed by atoms with Crippen molar-refractivity contribution >= 4 is 56.4 Å². The van der Waals surface area contributed by atoms with Crippen molar-refractivity contribution in [1.82, 2.24) is 0 Å². The number of hydrogen-bond donors (Lipinski definition) is 2. The fourth-order valence-electron chi connectivity index (χ4n) is 1.58. The molecule has 0 aliphatic heterocycles. The van der Waals surface area contributed by atoms with Crippen molar-refractivity contribution < 1.29 is 4.79 Å². The molecule has 0 bridgehead atoms. The molecule has 2 aromatic rings. The summed E-state index contributed by atoms with van der Waals surface area (Å²) < 4.78 is 0.845. The summed E-state index contributed by atoms with van der Waals surface area (Å²) >= 11 is 15.1. The second-order valence-corrected chi connectivity index (χ2v) is 5.76. The molecular weight excluding hydrogens is 363 g/mol. The van der Waals surface area contributed by atoms with E-state index in [-0.39, 0.29) is 12.5 Å². The molecule has 0 unspecified atom stereocenters. The Morgan fingerprint density at radius 1 is 1.10 bits per heavy atom. The topological polar surface area (TPSA) is 41.1 Å². The number of benzene rings is 2. The zero-order chi connectivity index (χ0) is 14.5. The molecule has 0 heterocycles. The molecule has 1 amide bonds. The van der Waals surface area contributed by atoms with Gasteiger partial charge in [-0.15, -0.1) is 0 Å². The first-order valence-corrected chi connectivity index (χ1v) is 7.34. The number of nitrogens with one attached hydrogen (secondary N) is 2. The predicted octanol–water partition coefficient (Wildman–Crippen LogP) is 4.81. The molecule has 0 saturated heterocycles. The first kappa shape index (κ1) is 15.2. The van der Waals surface area contributed by atoms with Gasteiger partial charge in [0.25, 0.3) is 0 Å². The van der Waals surface area contributed by atoms with E-state index in [1.807, 2.05) is 6.07 Å². The van der Waals surface area contributed by atoms with Crippen molar-refractivity contribution in [2.24, 2.45) is 0 Å². The van der Waals surface area contributed by atoms with Crippen LogP contribution in [0.3, 0.4) is 0 Å². The van der Waals surface area contributed by atoms with Crippen LogP contribution in [0.5, 0.6) is 0 Å². The number of carbonyl (C=O) groups excluding carboxylic acids is 1. The first-order valence-electron chi connectivity index (χ1n) is 5.79. The molecule has 3 nitrogen and oxygen atoms in total. The number of anilines is 2. The Bertz CT molecular complexity index is 634. The van der Waals surface area contributed by atoms with Gasteiger partial charge in [-0.1, -0.05) is 29.3 Å². The maximum atomic E-state index is 11.8. The second kappa shape index (κ2) is 6.97. The fraction of sp³-hybridized carbons (Fsp3) is 0.0714. The highest BCUT2D eigenvalue weighted by atomic mass is 79.9. The fourth-order valence-corrected chi connectivity index (χ4v) is 2.33. The number of hydrogen-bond acceptors (Lipinski definition) is 2. The Labute approximate surface area is 135 Å². The van der Waals surface area contributed by atoms with E-state index in [0.717, 1.165) is 10.2 Å². The third-order valence-electron chi connectivity index (χ3n) is 2.48. The highest BCUT2D eigenvalue weighted by molar-refractivity contribution is 9.10. The standard InChI is InChI=1S/C14H11BrCl2N2O/c15-12-5-4-10(17)7-13(12)18-8-14(20)19-11-3-1-2-9(16)6-11/h1-7,18H,8H2,(H,19,20). The average molecular weight is 374 g/mol. The van der Waals surface area contributed by atoms with E-state index in [9.17, 15) is 4.79 Å². The first-order chi connectivity index (χ1) is 9.54. The van der Waals surface area contributed by atoms with E-state index in [1.54, 1.807) is 36.4 Å². The van der Waals surface area contributed by atoms with Crippen LogP contribution in [0, 0.1) is 0 Å². The lowest BCUT2D eigenvalue weighted by Crippen LogP contribution is -2.21. The molecule has 0 radical (unpaired) electrons. The van der Waals surface area contributed by atoms with E-state index in [2.05, 4.69) is 26.6 Å². The summed E-state index contributed by atoms with van der Waals surface area (Å²) in [5.74, 6) is -0.167. The molecule has 104 valence electrons. The van der Waals surface area contributed by atoms with Gasteiger partial charge in [0.2, 0.25) is 5.91 Å². The van der Waals surface area contributed by atoms with Crippen molar-refractivity contribution in [1.29, 1.82) is 0 Å². The van der Waals surface area contributed by atoms with Crippen molar-refractivity contribution in [3.8, 4) is 0 Å². The maximum Gasteiger partial charge on any atom is 0.243 e. The monoisotopic (exact) mass is 372 g/mol. The molecule has 0 spiro atoms. The molecule has 2 N–H and O–H groups in total. The molecule has 6 heteroatoms. The normalized spacial score (nSPS) is 10.2. The molecule has 0 fully saturated rings. The number of amides is 1. The smallest absolute Gasteiger partial charge is 0.243 e. The summed E-state index contributed by atoms with van der Waals surface area (Å²) in [6.07, 6.45) is 0. The lowest BCUT2D eigenvalue weighted by molar-refractivity contribution is -0.114. The highest BCUT2D eigenvalue weighted by Gasteiger charge is 2.05. The van der Waals surface area contributed by atoms with Crippen LogP contribution in [0.2, 0.25) is 10.0 Å². The van der Waals surface area contributed by atoms with Crippen LogP contribution in [-0.2, 0) is 4.79 Å². The Balaban J connectivity index is 1.94. The van der Waals surface area contributed by atoms with Crippen LogP contribution in [0.1, 0.15) is 0 Å². The van der Waals surface area contributed by atoms with Gasteiger partial charge < -0.3 is 10.6 Å². The lowest BCUT2D eigenvalue weighted by Gasteiger charge is -2.10. The SMILES string of the molecule is O=C(CNc1cc(Cl)ccc1Br)Nc1cccc(Cl)c1. The molecule has 2 rings (SSSR count). The minimum atomic E-state index is -0.167. The van der Waals surface area contributed by atoms with Gasteiger partial charge in [-0.3, -0.25) is 4.79 Å². The zero-order valence-electron chi connectivity index (χ0n) is 10.3. The lowest BCUT2D eigenvalue weighted by atomic mass is 10.3. The van der Waals surface area contributed by atoms with Gasteiger partial charge in [0, 0.05) is 20.2 Å². The van der Waals surface area contributed by atoms with Crippen LogP contribution in [0.4, 0.5) is 11.4 Å². The molecule has 0 aromatic heterocycles. The van der Waals surface area contributed by atoms with Crippen molar-refractivity contribution in [3.05, 3.63) is 57.0 Å². The summed E-state index contributed by atoms with van der Waals surface area (Å²) in [7, 11) is 0. The summed E-state index contributed by atoms with van der Waals surface area (Å²) in [5.41, 5.74) is 1.42. The average Bonchev–Trinajstić information content (AvgIpc) is 2.40. The Morgan fingerprint density at radius 3 is 2.60 bits per heavy atom. The van der Waals surface area contributed by atoms with Crippen LogP contribution >= 0.6 is 39.1 Å². The molecular formula is C14H11BrCl2N2O. The van der Waals surface area contributed by atoms with Crippen LogP contribution in [0.15, 0.2) is 46.9 Å². The van der Waals surface area contributed by atoms with E-state index in [1.165, 1.54) is 0 Å². The Morgan fingerprint density at radius 2 is 1.85 bits per heavy atom. The summed E-state index contributed by atoms with van der Waals surface area (Å²) in [5, 5.41) is 6.94. The molecule has 0 aliphatic rings. The number of rotatable bonds is 4. The molecule has 20 heavy (non-hydrogen) atoms. The van der Waals surface area contributed by atoms with Crippen LogP contribution < -0.4 is 10.6 Å². The maximum absolute atomic E-state index is 11.8. The minimum absolute atomic E-state index is 0.130. The van der Waals surface area contributed by atoms with Gasteiger partial charge >= 0.3 is 0 Å². The molecule has 0 saturated carbocycles. The van der Waals surface area contributed by atoms with Gasteiger partial charge in [0.15, 0.2) is 0 Å². The largest absolute Gasteiger partial charge is 0.375 e. The van der Waals surface area contributed by atoms with Gasteiger partial charge in [-0.2, -0.15) is 0 Å². The van der Waals surface area contributed by atoms with Gasteiger partial charge in [0.1, 0.15) is 0 Å². The highest BCUT2D eigenvalue weighted by Crippen LogP contribution is 2.25. The van der Waals surface area contributed by atoms with Crippen molar-refractivity contribution in [2.45, 2.75) is 0 Å². The molecule has 0 aliphatic carbocycles. The molecule has 2 aromatic carbocycles. The van der Waals surface area contributed by atoms with Gasteiger partial charge in [-0.05, 0) is 52.3 Å². The Hall–Kier alpha value is -1.23. The van der Waals surface area contributed by atoms with Crippen molar-refractivity contribution in [3.63, 3.8) is 0 Å².